The lowest BCUT2D eigenvalue weighted by atomic mass is 10.2. The third-order valence-electron chi connectivity index (χ3n) is 4.08. The molecule has 6 heteroatoms. The second kappa shape index (κ2) is 7.67. The number of aromatic amines is 1. The highest BCUT2D eigenvalue weighted by Crippen LogP contribution is 2.22. The molecule has 0 saturated carbocycles. The van der Waals surface area contributed by atoms with Gasteiger partial charge >= 0.3 is 0 Å². The number of carbonyl (C=O) groups excluding carboxylic acids is 1. The molecule has 1 heterocycles. The SMILES string of the molecule is O=C(Nc1cc(=O)n(-c2ccc(Oc3ccccc3)cc2)[nH]1)c1ccccc1. The van der Waals surface area contributed by atoms with E-state index in [-0.39, 0.29) is 11.5 Å². The average Bonchev–Trinajstić information content (AvgIpc) is 3.10. The second-order valence-corrected chi connectivity index (χ2v) is 6.07. The number of para-hydroxylation sites is 1. The number of hydrogen-bond donors (Lipinski definition) is 2. The van der Waals surface area contributed by atoms with Crippen molar-refractivity contribution in [2.45, 2.75) is 0 Å². The third kappa shape index (κ3) is 3.86. The molecule has 0 saturated heterocycles. The molecule has 0 atom stereocenters. The number of amides is 1. The van der Waals surface area contributed by atoms with Crippen molar-refractivity contribution in [1.82, 2.24) is 9.78 Å². The van der Waals surface area contributed by atoms with Gasteiger partial charge in [0.2, 0.25) is 0 Å². The van der Waals surface area contributed by atoms with Gasteiger partial charge in [-0.05, 0) is 48.5 Å². The maximum atomic E-state index is 12.3. The third-order valence-corrected chi connectivity index (χ3v) is 4.08. The van der Waals surface area contributed by atoms with E-state index in [0.717, 1.165) is 5.75 Å². The van der Waals surface area contributed by atoms with Crippen LogP contribution in [0.2, 0.25) is 0 Å². The summed E-state index contributed by atoms with van der Waals surface area (Å²) in [5.74, 6) is 1.43. The predicted octanol–water partition coefficient (Wildman–Crippen LogP) is 4.21. The van der Waals surface area contributed by atoms with Gasteiger partial charge in [-0.2, -0.15) is 0 Å². The topological polar surface area (TPSA) is 76.1 Å². The summed E-state index contributed by atoms with van der Waals surface area (Å²) in [6.07, 6.45) is 0. The van der Waals surface area contributed by atoms with Crippen LogP contribution in [0.25, 0.3) is 5.69 Å². The Labute approximate surface area is 161 Å². The highest BCUT2D eigenvalue weighted by Gasteiger charge is 2.10. The van der Waals surface area contributed by atoms with Crippen molar-refractivity contribution < 1.29 is 9.53 Å². The minimum absolute atomic E-state index is 0.278. The zero-order valence-electron chi connectivity index (χ0n) is 14.8. The summed E-state index contributed by atoms with van der Waals surface area (Å²) >= 11 is 0. The van der Waals surface area contributed by atoms with Gasteiger partial charge in [-0.15, -0.1) is 0 Å². The van der Waals surface area contributed by atoms with Crippen LogP contribution in [0.15, 0.2) is 95.8 Å². The fourth-order valence-electron chi connectivity index (χ4n) is 2.72. The Kier molecular flexibility index (Phi) is 4.76. The number of carbonyl (C=O) groups is 1. The van der Waals surface area contributed by atoms with E-state index in [9.17, 15) is 9.59 Å². The summed E-state index contributed by atoms with van der Waals surface area (Å²) in [4.78, 5) is 24.5. The Balaban J connectivity index is 1.50. The Morgan fingerprint density at radius 2 is 1.43 bits per heavy atom. The Hall–Kier alpha value is -4.06. The molecule has 0 unspecified atom stereocenters. The number of rotatable bonds is 5. The van der Waals surface area contributed by atoms with Crippen molar-refractivity contribution in [3.8, 4) is 17.2 Å². The van der Waals surface area contributed by atoms with Crippen LogP contribution in [0, 0.1) is 0 Å². The molecule has 0 spiro atoms. The van der Waals surface area contributed by atoms with E-state index in [1.165, 1.54) is 10.7 Å². The van der Waals surface area contributed by atoms with Gasteiger partial charge < -0.3 is 10.1 Å². The zero-order chi connectivity index (χ0) is 19.3. The lowest BCUT2D eigenvalue weighted by Crippen LogP contribution is -2.13. The molecule has 2 N–H and O–H groups in total. The second-order valence-electron chi connectivity index (χ2n) is 6.07. The van der Waals surface area contributed by atoms with Crippen LogP contribution in [0.1, 0.15) is 10.4 Å². The zero-order valence-corrected chi connectivity index (χ0v) is 14.8. The van der Waals surface area contributed by atoms with Gasteiger partial charge in [0.15, 0.2) is 0 Å². The predicted molar refractivity (Wildman–Crippen MR) is 107 cm³/mol. The van der Waals surface area contributed by atoms with Crippen LogP contribution in [-0.2, 0) is 0 Å². The summed E-state index contributed by atoms with van der Waals surface area (Å²) < 4.78 is 7.11. The van der Waals surface area contributed by atoms with Gasteiger partial charge in [0.25, 0.3) is 11.5 Å². The summed E-state index contributed by atoms with van der Waals surface area (Å²) in [5.41, 5.74) is 0.865. The van der Waals surface area contributed by atoms with Gasteiger partial charge in [0.05, 0.1) is 5.69 Å². The highest BCUT2D eigenvalue weighted by atomic mass is 16.5. The fraction of sp³-hybridized carbons (Fsp3) is 0. The standard InChI is InChI=1S/C22H17N3O3/c26-21-15-20(23-22(27)16-7-3-1-4-8-16)24-25(21)17-11-13-19(14-12-17)28-18-9-5-2-6-10-18/h1-15,24H,(H,23,27). The first kappa shape index (κ1) is 17.4. The van der Waals surface area contributed by atoms with Gasteiger partial charge in [-0.3, -0.25) is 14.7 Å². The molecule has 0 aliphatic carbocycles. The van der Waals surface area contributed by atoms with E-state index in [4.69, 9.17) is 4.74 Å². The molecule has 0 aliphatic rings. The molecule has 0 aliphatic heterocycles. The average molecular weight is 371 g/mol. The van der Waals surface area contributed by atoms with Crippen LogP contribution >= 0.6 is 0 Å². The summed E-state index contributed by atoms with van der Waals surface area (Å²) in [5, 5.41) is 5.59. The quantitative estimate of drug-likeness (QED) is 0.552. The molecule has 6 nitrogen and oxygen atoms in total. The number of nitrogens with one attached hydrogen (secondary N) is 2. The van der Waals surface area contributed by atoms with Crippen LogP contribution in [-0.4, -0.2) is 15.7 Å². The minimum atomic E-state index is -0.291. The van der Waals surface area contributed by atoms with E-state index in [2.05, 4.69) is 10.4 Å². The highest BCUT2D eigenvalue weighted by molar-refractivity contribution is 6.03. The van der Waals surface area contributed by atoms with E-state index >= 15 is 0 Å². The Bertz CT molecular complexity index is 1130. The lowest BCUT2D eigenvalue weighted by molar-refractivity contribution is 0.102. The monoisotopic (exact) mass is 371 g/mol. The van der Waals surface area contributed by atoms with Crippen molar-refractivity contribution in [2.75, 3.05) is 5.32 Å². The molecule has 1 amide bonds. The number of nitrogens with zero attached hydrogens (tertiary/aromatic N) is 1. The summed E-state index contributed by atoms with van der Waals surface area (Å²) in [6, 6.07) is 26.7. The van der Waals surface area contributed by atoms with E-state index in [0.29, 0.717) is 22.8 Å². The first-order valence-electron chi connectivity index (χ1n) is 8.71. The van der Waals surface area contributed by atoms with Crippen LogP contribution < -0.4 is 15.6 Å². The van der Waals surface area contributed by atoms with Crippen LogP contribution in [0.4, 0.5) is 5.82 Å². The maximum Gasteiger partial charge on any atom is 0.273 e. The molecular weight excluding hydrogens is 354 g/mol. The van der Waals surface area contributed by atoms with Crippen molar-refractivity contribution in [3.05, 3.63) is 107 Å². The largest absolute Gasteiger partial charge is 0.457 e. The van der Waals surface area contributed by atoms with E-state index < -0.39 is 0 Å². The number of anilines is 1. The molecule has 4 aromatic rings. The van der Waals surface area contributed by atoms with Crippen LogP contribution in [0.3, 0.4) is 0 Å². The Morgan fingerprint density at radius 1 is 0.821 bits per heavy atom. The fourth-order valence-corrected chi connectivity index (χ4v) is 2.72. The van der Waals surface area contributed by atoms with Crippen LogP contribution in [0.5, 0.6) is 11.5 Å². The molecule has 28 heavy (non-hydrogen) atoms. The van der Waals surface area contributed by atoms with Gasteiger partial charge in [-0.25, -0.2) is 4.68 Å². The van der Waals surface area contributed by atoms with Gasteiger partial charge in [-0.1, -0.05) is 36.4 Å². The molecule has 1 aromatic heterocycles. The van der Waals surface area contributed by atoms with Crippen molar-refractivity contribution in [1.29, 1.82) is 0 Å². The van der Waals surface area contributed by atoms with E-state index in [1.807, 2.05) is 36.4 Å². The number of ether oxygens (including phenoxy) is 1. The molecule has 138 valence electrons. The number of hydrogen-bond acceptors (Lipinski definition) is 3. The molecule has 0 bridgehead atoms. The van der Waals surface area contributed by atoms with Crippen molar-refractivity contribution >= 4 is 11.7 Å². The van der Waals surface area contributed by atoms with E-state index in [1.54, 1.807) is 48.5 Å². The summed E-state index contributed by atoms with van der Waals surface area (Å²) in [6.45, 7) is 0. The molecule has 0 fully saturated rings. The first-order chi connectivity index (χ1) is 13.7. The Morgan fingerprint density at radius 3 is 2.11 bits per heavy atom. The number of H-pyrrole nitrogens is 1. The molecular formula is C22H17N3O3. The molecule has 4 rings (SSSR count). The minimum Gasteiger partial charge on any atom is -0.457 e. The lowest BCUT2D eigenvalue weighted by Gasteiger charge is -2.07. The summed E-state index contributed by atoms with van der Waals surface area (Å²) in [7, 11) is 0. The maximum absolute atomic E-state index is 12.3. The number of benzene rings is 3. The smallest absolute Gasteiger partial charge is 0.273 e. The normalized spacial score (nSPS) is 10.4. The molecule has 3 aromatic carbocycles. The van der Waals surface area contributed by atoms with Crippen molar-refractivity contribution in [2.24, 2.45) is 0 Å². The van der Waals surface area contributed by atoms with Gasteiger partial charge in [0, 0.05) is 11.6 Å². The first-order valence-corrected chi connectivity index (χ1v) is 8.71. The molecule has 0 radical (unpaired) electrons. The number of aromatic nitrogens is 2. The van der Waals surface area contributed by atoms with Gasteiger partial charge in [0.1, 0.15) is 17.3 Å². The van der Waals surface area contributed by atoms with Crippen molar-refractivity contribution in [3.63, 3.8) is 0 Å².